The lowest BCUT2D eigenvalue weighted by Gasteiger charge is -2.13. The number of aryl methyl sites for hydroxylation is 1. The number of rotatable bonds is 4. The van der Waals surface area contributed by atoms with E-state index in [4.69, 9.17) is 11.6 Å². The molecule has 1 amide bonds. The van der Waals surface area contributed by atoms with Gasteiger partial charge in [-0.3, -0.25) is 4.79 Å². The summed E-state index contributed by atoms with van der Waals surface area (Å²) in [5.74, 6) is 0.0574. The molecule has 0 saturated heterocycles. The molecular weight excluding hydrogens is 274 g/mol. The number of carbonyl (C=O) groups excluding carboxylic acids is 1. The minimum absolute atomic E-state index is 0.138. The number of nitrogens with one attached hydrogen (secondary N) is 1. The molecule has 2 atom stereocenters. The summed E-state index contributed by atoms with van der Waals surface area (Å²) in [6.45, 7) is 2.48. The third-order valence-corrected chi connectivity index (χ3v) is 4.19. The van der Waals surface area contributed by atoms with Gasteiger partial charge in [0.25, 0.3) is 0 Å². The maximum absolute atomic E-state index is 11.7. The van der Waals surface area contributed by atoms with Crippen LogP contribution in [0.25, 0.3) is 6.08 Å². The first-order chi connectivity index (χ1) is 9.56. The predicted molar refractivity (Wildman–Crippen MR) is 81.6 cm³/mol. The maximum atomic E-state index is 11.7. The molecule has 1 aliphatic rings. The number of hydrogen-bond donors (Lipinski definition) is 2. The molecule has 108 valence electrons. The minimum atomic E-state index is -0.268. The summed E-state index contributed by atoms with van der Waals surface area (Å²) in [4.78, 5) is 11.7. The van der Waals surface area contributed by atoms with Gasteiger partial charge < -0.3 is 10.4 Å². The van der Waals surface area contributed by atoms with Gasteiger partial charge in [0.05, 0.1) is 6.10 Å². The van der Waals surface area contributed by atoms with Crippen molar-refractivity contribution in [1.82, 2.24) is 5.32 Å². The van der Waals surface area contributed by atoms with Crippen LogP contribution in [-0.2, 0) is 4.79 Å². The van der Waals surface area contributed by atoms with E-state index in [9.17, 15) is 9.90 Å². The number of halogens is 1. The van der Waals surface area contributed by atoms with Crippen LogP contribution in [-0.4, -0.2) is 23.7 Å². The lowest BCUT2D eigenvalue weighted by molar-refractivity contribution is -0.116. The summed E-state index contributed by atoms with van der Waals surface area (Å²) < 4.78 is 0. The van der Waals surface area contributed by atoms with E-state index >= 15 is 0 Å². The van der Waals surface area contributed by atoms with Gasteiger partial charge >= 0.3 is 0 Å². The standard InChI is InChI=1S/C16H20ClNO2/c1-11-5-6-12(9-14(11)17)7-8-16(20)18-10-13-3-2-4-15(13)19/h5-9,13,15,19H,2-4,10H2,1H3,(H,18,20). The van der Waals surface area contributed by atoms with Gasteiger partial charge in [0.1, 0.15) is 0 Å². The second kappa shape index (κ2) is 6.91. The Morgan fingerprint density at radius 1 is 1.50 bits per heavy atom. The molecule has 4 heteroatoms. The molecule has 1 aliphatic carbocycles. The van der Waals surface area contributed by atoms with Crippen molar-refractivity contribution >= 4 is 23.6 Å². The topological polar surface area (TPSA) is 49.3 Å². The average Bonchev–Trinajstić information content (AvgIpc) is 2.83. The van der Waals surface area contributed by atoms with E-state index in [0.29, 0.717) is 11.6 Å². The van der Waals surface area contributed by atoms with Crippen LogP contribution < -0.4 is 5.32 Å². The molecule has 2 N–H and O–H groups in total. The van der Waals surface area contributed by atoms with Crippen LogP contribution in [0.1, 0.15) is 30.4 Å². The normalized spacial score (nSPS) is 22.4. The molecular formula is C16H20ClNO2. The van der Waals surface area contributed by atoms with Crippen molar-refractivity contribution in [3.8, 4) is 0 Å². The van der Waals surface area contributed by atoms with Crippen LogP contribution >= 0.6 is 11.6 Å². The van der Waals surface area contributed by atoms with Crippen LogP contribution in [0.5, 0.6) is 0 Å². The summed E-state index contributed by atoms with van der Waals surface area (Å²) in [5.41, 5.74) is 1.92. The van der Waals surface area contributed by atoms with Gasteiger partial charge in [-0.1, -0.05) is 30.2 Å². The highest BCUT2D eigenvalue weighted by Gasteiger charge is 2.24. The van der Waals surface area contributed by atoms with Gasteiger partial charge in [0.15, 0.2) is 0 Å². The molecule has 1 fully saturated rings. The van der Waals surface area contributed by atoms with Crippen LogP contribution in [0.15, 0.2) is 24.3 Å². The Bertz CT molecular complexity index is 513. The third-order valence-electron chi connectivity index (χ3n) is 3.78. The Labute approximate surface area is 124 Å². The van der Waals surface area contributed by atoms with Gasteiger partial charge in [0, 0.05) is 23.6 Å². The molecule has 2 rings (SSSR count). The second-order valence-corrected chi connectivity index (χ2v) is 5.75. The molecule has 20 heavy (non-hydrogen) atoms. The fraction of sp³-hybridized carbons (Fsp3) is 0.438. The first-order valence-electron chi connectivity index (χ1n) is 6.96. The lowest BCUT2D eigenvalue weighted by atomic mass is 10.1. The van der Waals surface area contributed by atoms with Gasteiger partial charge in [-0.25, -0.2) is 0 Å². The van der Waals surface area contributed by atoms with E-state index in [1.807, 2.05) is 25.1 Å². The molecule has 0 spiro atoms. The Morgan fingerprint density at radius 3 is 2.95 bits per heavy atom. The van der Waals surface area contributed by atoms with E-state index < -0.39 is 0 Å². The first kappa shape index (κ1) is 15.1. The zero-order chi connectivity index (χ0) is 14.5. The largest absolute Gasteiger partial charge is 0.393 e. The number of hydrogen-bond acceptors (Lipinski definition) is 2. The number of aliphatic hydroxyl groups excluding tert-OH is 1. The van der Waals surface area contributed by atoms with Crippen molar-refractivity contribution in [3.05, 3.63) is 40.4 Å². The summed E-state index contributed by atoms with van der Waals surface area (Å²) in [7, 11) is 0. The Kier molecular flexibility index (Phi) is 5.21. The van der Waals surface area contributed by atoms with Crippen molar-refractivity contribution in [2.45, 2.75) is 32.3 Å². The first-order valence-corrected chi connectivity index (χ1v) is 7.34. The maximum Gasteiger partial charge on any atom is 0.244 e. The number of aliphatic hydroxyl groups is 1. The molecule has 1 aromatic rings. The average molecular weight is 294 g/mol. The number of amides is 1. The highest BCUT2D eigenvalue weighted by molar-refractivity contribution is 6.31. The molecule has 0 radical (unpaired) electrons. The summed E-state index contributed by atoms with van der Waals surface area (Å²) in [6.07, 6.45) is 5.85. The van der Waals surface area contributed by atoms with Crippen molar-refractivity contribution in [2.24, 2.45) is 5.92 Å². The molecule has 0 aromatic heterocycles. The van der Waals surface area contributed by atoms with Gasteiger partial charge in [0.2, 0.25) is 5.91 Å². The van der Waals surface area contributed by atoms with E-state index in [-0.39, 0.29) is 17.9 Å². The van der Waals surface area contributed by atoms with E-state index in [1.54, 1.807) is 6.08 Å². The number of carbonyl (C=O) groups is 1. The summed E-state index contributed by atoms with van der Waals surface area (Å²) >= 11 is 6.03. The lowest BCUT2D eigenvalue weighted by Crippen LogP contribution is -2.31. The SMILES string of the molecule is Cc1ccc(C=CC(=O)NCC2CCCC2O)cc1Cl. The Balaban J connectivity index is 1.84. The molecule has 1 aromatic carbocycles. The molecule has 2 unspecified atom stereocenters. The molecule has 0 heterocycles. The van der Waals surface area contributed by atoms with Crippen LogP contribution in [0, 0.1) is 12.8 Å². The third kappa shape index (κ3) is 4.09. The van der Waals surface area contributed by atoms with Crippen LogP contribution in [0.2, 0.25) is 5.02 Å². The van der Waals surface area contributed by atoms with Crippen molar-refractivity contribution in [3.63, 3.8) is 0 Å². The van der Waals surface area contributed by atoms with E-state index in [0.717, 1.165) is 30.4 Å². The van der Waals surface area contributed by atoms with Gasteiger partial charge in [-0.05, 0) is 43.0 Å². The van der Waals surface area contributed by atoms with Gasteiger partial charge in [-0.15, -0.1) is 0 Å². The van der Waals surface area contributed by atoms with E-state index in [2.05, 4.69) is 5.32 Å². The molecule has 0 aliphatic heterocycles. The van der Waals surface area contributed by atoms with Crippen LogP contribution in [0.3, 0.4) is 0 Å². The van der Waals surface area contributed by atoms with Crippen molar-refractivity contribution in [2.75, 3.05) is 6.54 Å². The van der Waals surface area contributed by atoms with Crippen molar-refractivity contribution < 1.29 is 9.90 Å². The highest BCUT2D eigenvalue weighted by Crippen LogP contribution is 2.24. The highest BCUT2D eigenvalue weighted by atomic mass is 35.5. The van der Waals surface area contributed by atoms with E-state index in [1.165, 1.54) is 6.08 Å². The Hall–Kier alpha value is -1.32. The zero-order valence-corrected chi connectivity index (χ0v) is 12.4. The Morgan fingerprint density at radius 2 is 2.30 bits per heavy atom. The predicted octanol–water partition coefficient (Wildman–Crippen LogP) is 2.94. The molecule has 3 nitrogen and oxygen atoms in total. The quantitative estimate of drug-likeness (QED) is 0.839. The minimum Gasteiger partial charge on any atom is -0.393 e. The van der Waals surface area contributed by atoms with Crippen LogP contribution in [0.4, 0.5) is 0 Å². The number of benzene rings is 1. The van der Waals surface area contributed by atoms with Crippen molar-refractivity contribution in [1.29, 1.82) is 0 Å². The fourth-order valence-electron chi connectivity index (χ4n) is 2.43. The zero-order valence-electron chi connectivity index (χ0n) is 11.6. The summed E-state index contributed by atoms with van der Waals surface area (Å²) in [6, 6.07) is 5.68. The fourth-order valence-corrected chi connectivity index (χ4v) is 2.62. The molecule has 1 saturated carbocycles. The van der Waals surface area contributed by atoms with Gasteiger partial charge in [-0.2, -0.15) is 0 Å². The smallest absolute Gasteiger partial charge is 0.244 e. The second-order valence-electron chi connectivity index (χ2n) is 5.35. The monoisotopic (exact) mass is 293 g/mol. The molecule has 0 bridgehead atoms. The summed E-state index contributed by atoms with van der Waals surface area (Å²) in [5, 5.41) is 13.2.